The first-order valence-electron chi connectivity index (χ1n) is 12.8. The molecule has 0 radical (unpaired) electrons. The first-order valence-corrected chi connectivity index (χ1v) is 12.8. The van der Waals surface area contributed by atoms with Gasteiger partial charge in [0.15, 0.2) is 5.68 Å². The molecule has 0 unspecified atom stereocenters. The molecule has 4 N–H and O–H groups in total. The third-order valence-corrected chi connectivity index (χ3v) is 6.15. The molecule has 1 aliphatic heterocycles. The molecule has 0 bridgehead atoms. The highest BCUT2D eigenvalue weighted by Crippen LogP contribution is 2.16. The van der Waals surface area contributed by atoms with E-state index in [9.17, 15) is 24.4 Å². The van der Waals surface area contributed by atoms with Crippen LogP contribution >= 0.6 is 0 Å². The smallest absolute Gasteiger partial charge is 0.489 e. The minimum absolute atomic E-state index is 0.00724. The Morgan fingerprint density at radius 2 is 1.61 bits per heavy atom. The molecule has 0 spiro atoms. The number of ether oxygens (including phenoxy) is 2. The highest BCUT2D eigenvalue weighted by Gasteiger charge is 2.33. The first kappa shape index (κ1) is 29.2. The molecular weight excluding hydrogens is 489 g/mol. The van der Waals surface area contributed by atoms with E-state index >= 15 is 0 Å². The van der Waals surface area contributed by atoms with Crippen molar-refractivity contribution in [3.8, 4) is 5.75 Å². The summed E-state index contributed by atoms with van der Waals surface area (Å²) in [6, 6.07) is 14.5. The van der Waals surface area contributed by atoms with Crippen LogP contribution in [0.25, 0.3) is 0 Å². The predicted octanol–water partition coefficient (Wildman–Crippen LogP) is 1.33. The second kappa shape index (κ2) is 14.5. The van der Waals surface area contributed by atoms with Crippen molar-refractivity contribution in [2.24, 2.45) is 5.92 Å². The molecule has 2 atom stereocenters. The first-order chi connectivity index (χ1) is 18.2. The lowest BCUT2D eigenvalue weighted by molar-refractivity contribution is -0.127. The number of amides is 3. The second-order valence-electron chi connectivity index (χ2n) is 9.69. The summed E-state index contributed by atoms with van der Waals surface area (Å²) in [5.74, 6) is 0.0824. The average Bonchev–Trinajstić information content (AvgIpc) is 2.92. The van der Waals surface area contributed by atoms with Crippen LogP contribution in [0.4, 0.5) is 4.79 Å². The number of nitrogens with zero attached hydrogens (tertiary/aromatic N) is 1. The molecule has 38 heavy (non-hydrogen) atoms. The van der Waals surface area contributed by atoms with Gasteiger partial charge in [0.25, 0.3) is 0 Å². The normalized spacial score (nSPS) is 14.9. The summed E-state index contributed by atoms with van der Waals surface area (Å²) in [6.07, 6.45) is 0.380. The minimum Gasteiger partial charge on any atom is -0.489 e. The lowest BCUT2D eigenvalue weighted by Crippen LogP contribution is -2.57. The summed E-state index contributed by atoms with van der Waals surface area (Å²) in [5.41, 5.74) is 0.913. The molecule has 1 aliphatic rings. The number of hydrogen-bond donors (Lipinski definition) is 4. The van der Waals surface area contributed by atoms with Gasteiger partial charge in [0, 0.05) is 19.5 Å². The van der Waals surface area contributed by atoms with E-state index in [1.807, 2.05) is 56.3 Å². The van der Waals surface area contributed by atoms with E-state index in [1.54, 1.807) is 17.0 Å². The molecule has 1 saturated heterocycles. The number of morpholine rings is 1. The summed E-state index contributed by atoms with van der Waals surface area (Å²) in [7, 11) is -2.20. The van der Waals surface area contributed by atoms with E-state index < -0.39 is 36.8 Å². The Balaban J connectivity index is 1.71. The standard InChI is InChI=1S/C27H36BN3O7/c1-19(2)16-23(25(32)28(35)36)29-26(33)24(30-27(34)31-12-14-37-15-13-31)17-20-8-10-22(11-9-20)38-18-21-6-4-3-5-7-21/h3-11,19,23-24,35-36H,12-18H2,1-2H3,(H,29,33)(H,30,34)/t23-,24-/m0/s1. The highest BCUT2D eigenvalue weighted by molar-refractivity contribution is 6.79. The van der Waals surface area contributed by atoms with Gasteiger partial charge in [-0.15, -0.1) is 0 Å². The van der Waals surface area contributed by atoms with E-state index in [-0.39, 0.29) is 18.8 Å². The van der Waals surface area contributed by atoms with E-state index in [0.717, 1.165) is 11.1 Å². The highest BCUT2D eigenvalue weighted by atomic mass is 16.5. The van der Waals surface area contributed by atoms with Crippen molar-refractivity contribution < 1.29 is 33.9 Å². The van der Waals surface area contributed by atoms with Gasteiger partial charge < -0.3 is 39.8 Å². The molecule has 11 heteroatoms. The molecular formula is C27H36BN3O7. The number of benzene rings is 2. The summed E-state index contributed by atoms with van der Waals surface area (Å²) < 4.78 is 11.1. The van der Waals surface area contributed by atoms with Gasteiger partial charge in [-0.05, 0) is 35.6 Å². The van der Waals surface area contributed by atoms with Crippen LogP contribution in [-0.4, -0.2) is 78.1 Å². The number of urea groups is 1. The van der Waals surface area contributed by atoms with E-state index in [4.69, 9.17) is 9.47 Å². The average molecular weight is 525 g/mol. The Hall–Kier alpha value is -3.41. The molecule has 1 heterocycles. The fourth-order valence-corrected chi connectivity index (χ4v) is 4.08. The molecule has 0 aliphatic carbocycles. The van der Waals surface area contributed by atoms with Crippen molar-refractivity contribution in [1.82, 2.24) is 15.5 Å². The Kier molecular flexibility index (Phi) is 11.1. The van der Waals surface area contributed by atoms with Crippen LogP contribution in [0.1, 0.15) is 31.4 Å². The maximum absolute atomic E-state index is 13.3. The Bertz CT molecular complexity index is 1040. The van der Waals surface area contributed by atoms with E-state index in [0.29, 0.717) is 38.7 Å². The van der Waals surface area contributed by atoms with Gasteiger partial charge in [-0.1, -0.05) is 56.3 Å². The summed E-state index contributed by atoms with van der Waals surface area (Å²) in [6.45, 7) is 5.76. The topological polar surface area (TPSA) is 137 Å². The van der Waals surface area contributed by atoms with E-state index in [2.05, 4.69) is 10.6 Å². The minimum atomic E-state index is -2.20. The van der Waals surface area contributed by atoms with Gasteiger partial charge in [-0.25, -0.2) is 4.79 Å². The number of hydrogen-bond acceptors (Lipinski definition) is 7. The quantitative estimate of drug-likeness (QED) is 0.307. The zero-order valence-corrected chi connectivity index (χ0v) is 21.8. The van der Waals surface area contributed by atoms with Gasteiger partial charge in [0.1, 0.15) is 18.4 Å². The Morgan fingerprint density at radius 1 is 0.947 bits per heavy atom. The zero-order valence-electron chi connectivity index (χ0n) is 21.8. The Morgan fingerprint density at radius 3 is 2.21 bits per heavy atom. The molecule has 10 nitrogen and oxygen atoms in total. The summed E-state index contributed by atoms with van der Waals surface area (Å²) in [4.78, 5) is 40.1. The number of carbonyl (C=O) groups excluding carboxylic acids is 3. The third kappa shape index (κ3) is 9.16. The van der Waals surface area contributed by atoms with Crippen molar-refractivity contribution in [1.29, 1.82) is 0 Å². The van der Waals surface area contributed by atoms with Gasteiger partial charge in [-0.2, -0.15) is 0 Å². The Labute approximate surface area is 223 Å². The van der Waals surface area contributed by atoms with Crippen LogP contribution in [0.15, 0.2) is 54.6 Å². The van der Waals surface area contributed by atoms with Crippen molar-refractivity contribution in [3.05, 3.63) is 65.7 Å². The maximum atomic E-state index is 13.3. The molecule has 3 rings (SSSR count). The van der Waals surface area contributed by atoms with Gasteiger partial charge in [-0.3, -0.25) is 4.79 Å². The van der Waals surface area contributed by atoms with Crippen LogP contribution in [0.5, 0.6) is 5.75 Å². The fourth-order valence-electron chi connectivity index (χ4n) is 4.08. The van der Waals surface area contributed by atoms with Crippen LogP contribution in [0.2, 0.25) is 0 Å². The SMILES string of the molecule is CC(C)C[C@H](NC(=O)[C@H](Cc1ccc(OCc2ccccc2)cc1)NC(=O)N1CCOCC1)C(=O)B(O)O. The third-order valence-electron chi connectivity index (χ3n) is 6.15. The zero-order chi connectivity index (χ0) is 27.5. The van der Waals surface area contributed by atoms with Crippen LogP contribution in [0, 0.1) is 5.92 Å². The molecule has 3 amide bonds. The molecule has 0 saturated carbocycles. The van der Waals surface area contributed by atoms with Crippen LogP contribution < -0.4 is 15.4 Å². The van der Waals surface area contributed by atoms with Gasteiger partial charge >= 0.3 is 13.1 Å². The van der Waals surface area contributed by atoms with Crippen molar-refractivity contribution in [2.75, 3.05) is 26.3 Å². The van der Waals surface area contributed by atoms with Crippen molar-refractivity contribution in [3.63, 3.8) is 0 Å². The van der Waals surface area contributed by atoms with Crippen molar-refractivity contribution in [2.45, 2.75) is 45.4 Å². The number of carbonyl (C=O) groups is 3. The number of rotatable bonds is 12. The van der Waals surface area contributed by atoms with Gasteiger partial charge in [0.2, 0.25) is 5.91 Å². The molecule has 204 valence electrons. The monoisotopic (exact) mass is 525 g/mol. The van der Waals surface area contributed by atoms with Crippen LogP contribution in [-0.2, 0) is 27.4 Å². The lowest BCUT2D eigenvalue weighted by atomic mass is 9.77. The van der Waals surface area contributed by atoms with Gasteiger partial charge in [0.05, 0.1) is 19.3 Å². The fraction of sp³-hybridized carbons (Fsp3) is 0.444. The van der Waals surface area contributed by atoms with Crippen LogP contribution in [0.3, 0.4) is 0 Å². The predicted molar refractivity (Wildman–Crippen MR) is 142 cm³/mol. The maximum Gasteiger partial charge on any atom is 0.529 e. The van der Waals surface area contributed by atoms with E-state index in [1.165, 1.54) is 0 Å². The molecule has 1 fully saturated rings. The molecule has 0 aromatic heterocycles. The summed E-state index contributed by atoms with van der Waals surface area (Å²) >= 11 is 0. The summed E-state index contributed by atoms with van der Waals surface area (Å²) in [5, 5.41) is 24.2. The number of nitrogens with one attached hydrogen (secondary N) is 2. The molecule has 2 aromatic rings. The largest absolute Gasteiger partial charge is 0.529 e. The second-order valence-corrected chi connectivity index (χ2v) is 9.69. The van der Waals surface area contributed by atoms with Crippen molar-refractivity contribution >= 4 is 24.7 Å². The molecule has 2 aromatic carbocycles. The lowest BCUT2D eigenvalue weighted by Gasteiger charge is -2.30.